The van der Waals surface area contributed by atoms with Gasteiger partial charge in [-0.05, 0) is 12.8 Å². The summed E-state index contributed by atoms with van der Waals surface area (Å²) in [6, 6.07) is -0.885. The zero-order valence-corrected chi connectivity index (χ0v) is 75.0. The quantitative estimate of drug-likeness (QED) is 0.0252. The molecule has 17 atom stereocenters. The molecule has 0 aromatic carbocycles. The van der Waals surface area contributed by atoms with Gasteiger partial charge >= 0.3 is 0 Å². The molecule has 17 unspecified atom stereocenters. The van der Waals surface area contributed by atoms with Crippen LogP contribution in [-0.2, 0) is 33.2 Å². The molecule has 116 heavy (non-hydrogen) atoms. The average molecular weight is 1660 g/mol. The van der Waals surface area contributed by atoms with Gasteiger partial charge in [-0.25, -0.2) is 0 Å². The first-order valence-electron chi connectivity index (χ1n) is 50.3. The summed E-state index contributed by atoms with van der Waals surface area (Å²) in [4.78, 5) is 13.6. The van der Waals surface area contributed by atoms with Gasteiger partial charge in [-0.2, -0.15) is 0 Å². The summed E-state index contributed by atoms with van der Waals surface area (Å²) in [6.07, 6.45) is 69.7. The lowest BCUT2D eigenvalue weighted by Crippen LogP contribution is -2.66. The normalized spacial score (nSPS) is 24.4. The third kappa shape index (κ3) is 54.5. The van der Waals surface area contributed by atoms with E-state index in [9.17, 15) is 61.0 Å². The van der Waals surface area contributed by atoms with E-state index in [1.165, 1.54) is 405 Å². The fraction of sp³-hybridized carbons (Fsp3) is 0.990. The molecule has 0 radical (unpaired) electrons. The number of aliphatic hydroxyl groups is 11. The number of nitrogens with one attached hydrogen (secondary N) is 1. The highest BCUT2D eigenvalue weighted by molar-refractivity contribution is 5.76. The van der Waals surface area contributed by atoms with Gasteiger partial charge in [-0.1, -0.05) is 463 Å². The van der Waals surface area contributed by atoms with Crippen LogP contribution in [0.3, 0.4) is 0 Å². The van der Waals surface area contributed by atoms with Crippen molar-refractivity contribution in [2.24, 2.45) is 0 Å². The molecule has 0 spiro atoms. The molecule has 3 rings (SSSR count). The van der Waals surface area contributed by atoms with Crippen LogP contribution >= 0.6 is 0 Å². The number of hydrogen-bond acceptors (Lipinski definition) is 18. The number of amides is 1. The monoisotopic (exact) mass is 1660 g/mol. The summed E-state index contributed by atoms with van der Waals surface area (Å²) in [5, 5.41) is 122. The van der Waals surface area contributed by atoms with Crippen molar-refractivity contribution in [3.8, 4) is 0 Å². The molecule has 3 heterocycles. The molecule has 0 bridgehead atoms. The maximum Gasteiger partial charge on any atom is 0.220 e. The zero-order valence-electron chi connectivity index (χ0n) is 75.0. The molecular weight excluding hydrogens is 1470 g/mol. The van der Waals surface area contributed by atoms with Gasteiger partial charge in [0.05, 0.1) is 38.6 Å². The first kappa shape index (κ1) is 109. The molecule has 19 heteroatoms. The molecule has 0 aromatic rings. The second-order valence-electron chi connectivity index (χ2n) is 36.3. The molecule has 19 nitrogen and oxygen atoms in total. The molecule has 690 valence electrons. The van der Waals surface area contributed by atoms with Gasteiger partial charge < -0.3 is 89.9 Å². The number of carbonyl (C=O) groups excluding carboxylic acids is 1. The first-order valence-corrected chi connectivity index (χ1v) is 50.3. The summed E-state index contributed by atoms with van der Waals surface area (Å²) < 4.78 is 34.7. The predicted octanol–water partition coefficient (Wildman–Crippen LogP) is 20.8. The van der Waals surface area contributed by atoms with Gasteiger partial charge in [0, 0.05) is 6.42 Å². The number of hydrogen-bond donors (Lipinski definition) is 12. The van der Waals surface area contributed by atoms with E-state index < -0.39 is 124 Å². The van der Waals surface area contributed by atoms with Gasteiger partial charge in [0.1, 0.15) is 73.2 Å². The van der Waals surface area contributed by atoms with E-state index in [1.807, 2.05) is 0 Å². The van der Waals surface area contributed by atoms with Gasteiger partial charge in [0.25, 0.3) is 0 Å². The van der Waals surface area contributed by atoms with Crippen LogP contribution in [0.2, 0.25) is 0 Å². The van der Waals surface area contributed by atoms with E-state index in [0.29, 0.717) is 12.8 Å². The van der Waals surface area contributed by atoms with Gasteiger partial charge in [0.2, 0.25) is 5.91 Å². The molecule has 0 saturated carbocycles. The smallest absolute Gasteiger partial charge is 0.220 e. The zero-order chi connectivity index (χ0) is 83.8. The minimum absolute atomic E-state index is 0.229. The standard InChI is InChI=1S/C97H189NO18/c1-3-5-7-9-11-13-15-17-19-21-23-25-27-29-31-33-35-36-37-38-39-40-41-42-43-45-47-49-51-53-55-57-59-61-63-65-67-69-71-73-75-85(103)98-80(81(102)74-72-70-68-66-64-62-60-58-56-54-52-50-48-46-44-34-32-30-28-26-24-22-20-18-16-14-12-10-8-6-4-2)79-111-95-91(109)88(106)93(83(77-100)113-95)116-97-92(110)89(107)94(84(78-101)114-97)115-96-90(108)87(105)86(104)82(76-99)112-96/h80-84,86-97,99-102,104-110H,3-79H2,1-2H3,(H,98,103). The number of carbonyl (C=O) groups is 1. The second kappa shape index (κ2) is 77.4. The van der Waals surface area contributed by atoms with Crippen molar-refractivity contribution in [3.05, 3.63) is 0 Å². The van der Waals surface area contributed by atoms with Crippen molar-refractivity contribution >= 4 is 5.91 Å². The minimum atomic E-state index is -1.97. The van der Waals surface area contributed by atoms with Crippen LogP contribution in [0.15, 0.2) is 0 Å². The Morgan fingerprint density at radius 3 is 0.750 bits per heavy atom. The summed E-state index contributed by atoms with van der Waals surface area (Å²) in [6.45, 7) is 1.90. The number of ether oxygens (including phenoxy) is 6. The van der Waals surface area contributed by atoms with Crippen molar-refractivity contribution in [2.75, 3.05) is 26.4 Å². The highest BCUT2D eigenvalue weighted by atomic mass is 16.8. The molecular formula is C97H189NO18. The lowest BCUT2D eigenvalue weighted by molar-refractivity contribution is -0.379. The Kier molecular flexibility index (Phi) is 72.7. The van der Waals surface area contributed by atoms with E-state index in [4.69, 9.17) is 28.4 Å². The summed E-state index contributed by atoms with van der Waals surface area (Å²) in [5.74, 6) is -0.229. The average Bonchev–Trinajstić information content (AvgIpc) is 0.779. The number of aliphatic hydroxyl groups excluding tert-OH is 11. The Bertz CT molecular complexity index is 2080. The first-order chi connectivity index (χ1) is 56.8. The Morgan fingerprint density at radius 2 is 0.491 bits per heavy atom. The topological polar surface area (TPSA) is 307 Å². The highest BCUT2D eigenvalue weighted by Crippen LogP contribution is 2.34. The number of rotatable bonds is 85. The molecule has 0 aliphatic carbocycles. The highest BCUT2D eigenvalue weighted by Gasteiger charge is 2.54. The van der Waals surface area contributed by atoms with E-state index in [0.717, 1.165) is 44.9 Å². The predicted molar refractivity (Wildman–Crippen MR) is 471 cm³/mol. The largest absolute Gasteiger partial charge is 0.394 e. The molecule has 3 saturated heterocycles. The molecule has 3 fully saturated rings. The Labute approximate surface area is 710 Å². The van der Waals surface area contributed by atoms with Crippen LogP contribution in [0, 0.1) is 0 Å². The summed E-state index contributed by atoms with van der Waals surface area (Å²) in [7, 11) is 0. The van der Waals surface area contributed by atoms with E-state index in [1.54, 1.807) is 0 Å². The van der Waals surface area contributed by atoms with Crippen LogP contribution in [0.5, 0.6) is 0 Å². The summed E-state index contributed by atoms with van der Waals surface area (Å²) in [5.41, 5.74) is 0. The Hall–Kier alpha value is -1.21. The molecule has 1 amide bonds. The van der Waals surface area contributed by atoms with Crippen molar-refractivity contribution in [3.63, 3.8) is 0 Å². The third-order valence-electron chi connectivity index (χ3n) is 25.7. The van der Waals surface area contributed by atoms with Crippen LogP contribution in [0.4, 0.5) is 0 Å². The Morgan fingerprint density at radius 1 is 0.276 bits per heavy atom. The lowest BCUT2D eigenvalue weighted by atomic mass is 9.96. The van der Waals surface area contributed by atoms with E-state index >= 15 is 0 Å². The molecule has 0 aromatic heterocycles. The maximum atomic E-state index is 13.6. The second-order valence-corrected chi connectivity index (χ2v) is 36.3. The maximum absolute atomic E-state index is 13.6. The van der Waals surface area contributed by atoms with E-state index in [2.05, 4.69) is 19.2 Å². The Balaban J connectivity index is 1.27. The van der Waals surface area contributed by atoms with Crippen molar-refractivity contribution in [2.45, 2.75) is 587 Å². The van der Waals surface area contributed by atoms with Crippen molar-refractivity contribution < 1.29 is 89.4 Å². The van der Waals surface area contributed by atoms with Gasteiger partial charge in [-0.3, -0.25) is 4.79 Å². The van der Waals surface area contributed by atoms with E-state index in [-0.39, 0.29) is 18.9 Å². The fourth-order valence-corrected chi connectivity index (χ4v) is 17.7. The van der Waals surface area contributed by atoms with Gasteiger partial charge in [0.15, 0.2) is 18.9 Å². The third-order valence-corrected chi connectivity index (χ3v) is 25.7. The van der Waals surface area contributed by atoms with Crippen LogP contribution < -0.4 is 5.32 Å². The van der Waals surface area contributed by atoms with Crippen molar-refractivity contribution in [1.29, 1.82) is 0 Å². The fourth-order valence-electron chi connectivity index (χ4n) is 17.7. The molecule has 3 aliphatic heterocycles. The minimum Gasteiger partial charge on any atom is -0.394 e. The van der Waals surface area contributed by atoms with Crippen molar-refractivity contribution in [1.82, 2.24) is 5.32 Å². The van der Waals surface area contributed by atoms with Crippen LogP contribution in [0.25, 0.3) is 0 Å². The summed E-state index contributed by atoms with van der Waals surface area (Å²) >= 11 is 0. The molecule has 3 aliphatic rings. The lowest BCUT2D eigenvalue weighted by Gasteiger charge is -2.48. The van der Waals surface area contributed by atoms with Crippen LogP contribution in [0.1, 0.15) is 483 Å². The van der Waals surface area contributed by atoms with Crippen LogP contribution in [-0.4, -0.2) is 193 Å². The van der Waals surface area contributed by atoms with Gasteiger partial charge in [-0.15, -0.1) is 0 Å². The number of unbranched alkanes of at least 4 members (excludes halogenated alkanes) is 69. The molecule has 12 N–H and O–H groups in total. The SMILES string of the molecule is CCCCCCCCCCCCCCCCCCCCCCCCCCCCCCCCCCCCCCCCCCC(=O)NC(COC1OC(CO)C(OC2OC(CO)C(OC3OC(CO)C(O)C(O)C3O)C(O)C2O)C(O)C1O)C(O)CCCCCCCCCCCCCCCCCCCCCCCCCCCCCCCCC.